The third kappa shape index (κ3) is 58.4. The van der Waals surface area contributed by atoms with Gasteiger partial charge < -0.3 is 14.2 Å². The average molecular weight is 982 g/mol. The third-order valence-electron chi connectivity index (χ3n) is 13.8. The molecule has 5 heteroatoms. The maximum Gasteiger partial charge on any atom is 0.306 e. The molecule has 5 nitrogen and oxygen atoms in total. The first-order chi connectivity index (χ1) is 34.6. The highest BCUT2D eigenvalue weighted by Crippen LogP contribution is 2.16. The molecule has 0 heterocycles. The van der Waals surface area contributed by atoms with E-state index in [1.807, 2.05) is 0 Å². The molecule has 1 unspecified atom stereocenters. The van der Waals surface area contributed by atoms with Crippen molar-refractivity contribution >= 4 is 11.9 Å². The molecule has 1 atom stereocenters. The number of carbonyl (C=O) groups excluding carboxylic acids is 2. The number of rotatable bonds is 58. The zero-order valence-electron chi connectivity index (χ0n) is 47.3. The van der Waals surface area contributed by atoms with E-state index < -0.39 is 6.10 Å². The molecule has 0 saturated carbocycles. The zero-order valence-corrected chi connectivity index (χ0v) is 47.3. The molecule has 0 fully saturated rings. The smallest absolute Gasteiger partial charge is 0.306 e. The highest BCUT2D eigenvalue weighted by molar-refractivity contribution is 5.70. The van der Waals surface area contributed by atoms with Gasteiger partial charge in [-0.05, 0) is 103 Å². The quantitative estimate of drug-likeness (QED) is 0.0345. The fourth-order valence-corrected chi connectivity index (χ4v) is 9.12. The zero-order chi connectivity index (χ0) is 50.6. The lowest BCUT2D eigenvalue weighted by Crippen LogP contribution is -2.30. The van der Waals surface area contributed by atoms with Crippen LogP contribution < -0.4 is 0 Å². The number of unbranched alkanes of at least 4 members (excludes halogenated alkanes) is 39. The lowest BCUT2D eigenvalue weighted by molar-refractivity contribution is -0.163. The first-order valence-electron chi connectivity index (χ1n) is 31.2. The van der Waals surface area contributed by atoms with Gasteiger partial charge in [-0.2, -0.15) is 0 Å². The Morgan fingerprint density at radius 3 is 0.986 bits per heavy atom. The molecule has 0 saturated heterocycles. The van der Waals surface area contributed by atoms with Gasteiger partial charge in [-0.1, -0.05) is 262 Å². The first kappa shape index (κ1) is 67.9. The van der Waals surface area contributed by atoms with Crippen molar-refractivity contribution in [1.82, 2.24) is 0 Å². The summed E-state index contributed by atoms with van der Waals surface area (Å²) in [5.74, 6) is -0.392. The van der Waals surface area contributed by atoms with Gasteiger partial charge in [0.05, 0.1) is 6.61 Å². The summed E-state index contributed by atoms with van der Waals surface area (Å²) >= 11 is 0. The summed E-state index contributed by atoms with van der Waals surface area (Å²) in [7, 11) is 0. The molecule has 0 aliphatic rings. The average Bonchev–Trinajstić information content (AvgIpc) is 3.36. The van der Waals surface area contributed by atoms with Crippen molar-refractivity contribution in [2.24, 2.45) is 0 Å². The topological polar surface area (TPSA) is 61.8 Å². The fourth-order valence-electron chi connectivity index (χ4n) is 9.12. The van der Waals surface area contributed by atoms with Crippen LogP contribution in [0.4, 0.5) is 0 Å². The summed E-state index contributed by atoms with van der Waals surface area (Å²) in [5.41, 5.74) is 0. The van der Waals surface area contributed by atoms with Gasteiger partial charge in [-0.15, -0.1) is 0 Å². The number of hydrogen-bond acceptors (Lipinski definition) is 5. The van der Waals surface area contributed by atoms with Crippen LogP contribution >= 0.6 is 0 Å². The van der Waals surface area contributed by atoms with Crippen molar-refractivity contribution in [3.8, 4) is 0 Å². The molecule has 0 aromatic heterocycles. The van der Waals surface area contributed by atoms with Crippen LogP contribution in [-0.4, -0.2) is 37.9 Å². The van der Waals surface area contributed by atoms with Gasteiger partial charge in [0.2, 0.25) is 0 Å². The lowest BCUT2D eigenvalue weighted by Gasteiger charge is -2.18. The number of carbonyl (C=O) groups is 2. The molecule has 0 rings (SSSR count). The summed E-state index contributed by atoms with van der Waals surface area (Å²) < 4.78 is 17.5. The molecule has 0 aliphatic carbocycles. The van der Waals surface area contributed by atoms with E-state index in [1.165, 1.54) is 244 Å². The van der Waals surface area contributed by atoms with E-state index in [0.29, 0.717) is 19.4 Å². The number of ether oxygens (including phenoxy) is 3. The van der Waals surface area contributed by atoms with Gasteiger partial charge in [0, 0.05) is 19.4 Å². The normalized spacial score (nSPS) is 12.4. The third-order valence-corrected chi connectivity index (χ3v) is 13.8. The minimum absolute atomic E-state index is 0.0830. The van der Waals surface area contributed by atoms with E-state index in [1.54, 1.807) is 0 Å². The second-order valence-electron chi connectivity index (χ2n) is 21.0. The van der Waals surface area contributed by atoms with E-state index in [9.17, 15) is 9.59 Å². The molecule has 0 bridgehead atoms. The van der Waals surface area contributed by atoms with Crippen LogP contribution in [0.2, 0.25) is 0 Å². The summed E-state index contributed by atoms with van der Waals surface area (Å²) in [6.45, 7) is 7.84. The molecule has 70 heavy (non-hydrogen) atoms. The maximum atomic E-state index is 12.9. The summed E-state index contributed by atoms with van der Waals surface area (Å²) in [6.07, 6.45) is 77.1. The molecule has 0 aromatic rings. The molecule has 0 aromatic carbocycles. The van der Waals surface area contributed by atoms with Crippen LogP contribution in [-0.2, 0) is 23.8 Å². The summed E-state index contributed by atoms with van der Waals surface area (Å²) in [4.78, 5) is 25.6. The minimum atomic E-state index is -0.542. The Bertz CT molecular complexity index is 1150. The van der Waals surface area contributed by atoms with E-state index in [2.05, 4.69) is 69.4 Å². The van der Waals surface area contributed by atoms with Gasteiger partial charge in [-0.25, -0.2) is 0 Å². The molecule has 0 amide bonds. The molecule has 0 radical (unpaired) electrons. The molecular formula is C65H120O5. The predicted octanol–water partition coefficient (Wildman–Crippen LogP) is 21.5. The monoisotopic (exact) mass is 981 g/mol. The Morgan fingerprint density at radius 1 is 0.314 bits per heavy atom. The predicted molar refractivity (Wildman–Crippen MR) is 307 cm³/mol. The van der Waals surface area contributed by atoms with Crippen LogP contribution in [0.25, 0.3) is 0 Å². The second-order valence-corrected chi connectivity index (χ2v) is 21.0. The van der Waals surface area contributed by atoms with Crippen LogP contribution in [0.15, 0.2) is 48.6 Å². The maximum absolute atomic E-state index is 12.9. The van der Waals surface area contributed by atoms with Crippen LogP contribution in [0.5, 0.6) is 0 Å². The van der Waals surface area contributed by atoms with E-state index in [4.69, 9.17) is 14.2 Å². The van der Waals surface area contributed by atoms with Crippen molar-refractivity contribution in [2.75, 3.05) is 19.8 Å². The standard InChI is InChI=1S/C65H120O5/c1-4-7-10-13-16-19-22-25-28-31-33-35-37-40-43-46-49-52-55-58-64(66)69-62-63(61-68-60-57-54-51-48-45-42-39-36-32-29-26-23-20-17-14-11-8-5-2)70-65(67)59-56-53-50-47-44-41-38-34-30-27-24-21-18-15-12-9-6-3/h16,19,25-30,63H,4-15,17-18,20-24,31-62H2,1-3H3/b19-16-,28-25-,29-26-,30-27-. The van der Waals surface area contributed by atoms with Crippen molar-refractivity contribution < 1.29 is 23.8 Å². The second kappa shape index (κ2) is 61.2. The molecule has 0 N–H and O–H groups in total. The molecule has 0 spiro atoms. The van der Waals surface area contributed by atoms with Crippen LogP contribution in [0.3, 0.4) is 0 Å². The number of hydrogen-bond donors (Lipinski definition) is 0. The summed E-state index contributed by atoms with van der Waals surface area (Å²) in [6, 6.07) is 0. The van der Waals surface area contributed by atoms with Crippen molar-refractivity contribution in [1.29, 1.82) is 0 Å². The molecule has 0 aliphatic heterocycles. The van der Waals surface area contributed by atoms with Crippen molar-refractivity contribution in [3.05, 3.63) is 48.6 Å². The van der Waals surface area contributed by atoms with Gasteiger partial charge in [0.25, 0.3) is 0 Å². The van der Waals surface area contributed by atoms with Crippen LogP contribution in [0, 0.1) is 0 Å². The highest BCUT2D eigenvalue weighted by Gasteiger charge is 2.17. The Kier molecular flexibility index (Phi) is 59.3. The van der Waals surface area contributed by atoms with Gasteiger partial charge in [-0.3, -0.25) is 9.59 Å². The Morgan fingerprint density at radius 2 is 0.600 bits per heavy atom. The van der Waals surface area contributed by atoms with Gasteiger partial charge in [0.15, 0.2) is 6.10 Å². The first-order valence-corrected chi connectivity index (χ1v) is 31.2. The molecular weight excluding hydrogens is 861 g/mol. The largest absolute Gasteiger partial charge is 0.462 e. The molecule has 410 valence electrons. The van der Waals surface area contributed by atoms with Crippen molar-refractivity contribution in [3.63, 3.8) is 0 Å². The van der Waals surface area contributed by atoms with Gasteiger partial charge >= 0.3 is 11.9 Å². The minimum Gasteiger partial charge on any atom is -0.462 e. The number of allylic oxidation sites excluding steroid dienone is 8. The van der Waals surface area contributed by atoms with Crippen molar-refractivity contribution in [2.45, 2.75) is 335 Å². The summed E-state index contributed by atoms with van der Waals surface area (Å²) in [5, 5.41) is 0. The van der Waals surface area contributed by atoms with Crippen LogP contribution in [0.1, 0.15) is 329 Å². The van der Waals surface area contributed by atoms with E-state index >= 15 is 0 Å². The Balaban J connectivity index is 4.26. The Labute approximate surface area is 437 Å². The fraction of sp³-hybridized carbons (Fsp3) is 0.846. The SMILES string of the molecule is CCCCC/C=C\C/C=C\CCCCCCCCCCCC(=O)OCC(COCCCCCCCCCC/C=C\CCCCCCCC)OC(=O)CCCCCCCCC/C=C\CCCCCCCC. The van der Waals surface area contributed by atoms with E-state index in [0.717, 1.165) is 51.4 Å². The lowest BCUT2D eigenvalue weighted by atomic mass is 10.1. The van der Waals surface area contributed by atoms with Gasteiger partial charge in [0.1, 0.15) is 6.61 Å². The highest BCUT2D eigenvalue weighted by atomic mass is 16.6. The Hall–Kier alpha value is -2.14. The number of esters is 2. The van der Waals surface area contributed by atoms with E-state index in [-0.39, 0.29) is 25.2 Å².